The molecule has 0 saturated carbocycles. The van der Waals surface area contributed by atoms with Crippen molar-refractivity contribution in [1.29, 1.82) is 0 Å². The summed E-state index contributed by atoms with van der Waals surface area (Å²) in [7, 11) is 0. The Bertz CT molecular complexity index is 663. The summed E-state index contributed by atoms with van der Waals surface area (Å²) in [5, 5.41) is 28.9. The van der Waals surface area contributed by atoms with Crippen molar-refractivity contribution in [3.8, 4) is 5.75 Å². The zero-order valence-corrected chi connectivity index (χ0v) is 15.4. The normalized spacial score (nSPS) is 20.9. The van der Waals surface area contributed by atoms with Gasteiger partial charge in [0, 0.05) is 12.3 Å². The Labute approximate surface area is 160 Å². The maximum atomic E-state index is 10.5. The van der Waals surface area contributed by atoms with Crippen molar-refractivity contribution >= 4 is 5.97 Å². The fourth-order valence-electron chi connectivity index (χ4n) is 2.98. The predicted octanol–water partition coefficient (Wildman–Crippen LogP) is 3.49. The van der Waals surface area contributed by atoms with Gasteiger partial charge in [-0.15, -0.1) is 0 Å². The van der Waals surface area contributed by atoms with Crippen LogP contribution in [0.3, 0.4) is 0 Å². The molecule has 0 saturated heterocycles. The Balaban J connectivity index is 1.77. The van der Waals surface area contributed by atoms with E-state index >= 15 is 0 Å². The number of aliphatic carboxylic acids is 1. The molecule has 0 spiro atoms. The monoisotopic (exact) mass is 372 g/mol. The van der Waals surface area contributed by atoms with Crippen LogP contribution in [0.1, 0.15) is 32.1 Å². The molecule has 1 aromatic rings. The lowest BCUT2D eigenvalue weighted by atomic mass is 9.95. The van der Waals surface area contributed by atoms with E-state index in [4.69, 9.17) is 9.84 Å². The molecule has 1 aliphatic rings. The van der Waals surface area contributed by atoms with Crippen LogP contribution in [0.5, 0.6) is 5.75 Å². The lowest BCUT2D eigenvalue weighted by Crippen LogP contribution is -2.18. The van der Waals surface area contributed by atoms with Crippen molar-refractivity contribution in [2.75, 3.05) is 6.61 Å². The third kappa shape index (κ3) is 7.81. The van der Waals surface area contributed by atoms with Gasteiger partial charge in [-0.3, -0.25) is 4.79 Å². The summed E-state index contributed by atoms with van der Waals surface area (Å²) < 4.78 is 5.52. The van der Waals surface area contributed by atoms with Crippen LogP contribution >= 0.6 is 0 Å². The highest BCUT2D eigenvalue weighted by atomic mass is 16.5. The number of hydrogen-bond acceptors (Lipinski definition) is 4. The van der Waals surface area contributed by atoms with Gasteiger partial charge >= 0.3 is 5.97 Å². The number of carbonyl (C=O) groups is 1. The molecule has 0 heterocycles. The number of para-hydroxylation sites is 1. The van der Waals surface area contributed by atoms with Crippen LogP contribution < -0.4 is 4.74 Å². The van der Waals surface area contributed by atoms with Crippen LogP contribution in [0, 0.1) is 5.92 Å². The van der Waals surface area contributed by atoms with Crippen LogP contribution in [-0.2, 0) is 4.79 Å². The Morgan fingerprint density at radius 1 is 1.26 bits per heavy atom. The topological polar surface area (TPSA) is 87.0 Å². The Morgan fingerprint density at radius 2 is 2.04 bits per heavy atom. The molecule has 1 aliphatic carbocycles. The lowest BCUT2D eigenvalue weighted by molar-refractivity contribution is -0.137. The summed E-state index contributed by atoms with van der Waals surface area (Å²) in [6.45, 7) is 0.159. The summed E-state index contributed by atoms with van der Waals surface area (Å²) in [5.74, 6) is -0.176. The number of allylic oxidation sites excluding steroid dienone is 2. The molecule has 0 aliphatic heterocycles. The minimum atomic E-state index is -0.773. The van der Waals surface area contributed by atoms with Gasteiger partial charge in [0.05, 0.1) is 6.10 Å². The van der Waals surface area contributed by atoms with Crippen molar-refractivity contribution < 1.29 is 24.9 Å². The Kier molecular flexibility index (Phi) is 8.81. The molecule has 2 rings (SSSR count). The first-order chi connectivity index (χ1) is 13.1. The van der Waals surface area contributed by atoms with E-state index < -0.39 is 18.2 Å². The highest BCUT2D eigenvalue weighted by Crippen LogP contribution is 2.30. The van der Waals surface area contributed by atoms with Gasteiger partial charge in [-0.2, -0.15) is 0 Å². The molecule has 1 aromatic carbocycles. The second-order valence-electron chi connectivity index (χ2n) is 6.65. The van der Waals surface area contributed by atoms with Gasteiger partial charge in [0.2, 0.25) is 0 Å². The van der Waals surface area contributed by atoms with Crippen LogP contribution in [0.15, 0.2) is 66.3 Å². The number of unbranched alkanes of at least 4 members (excludes halogenated alkanes) is 1. The molecule has 0 aromatic heterocycles. The van der Waals surface area contributed by atoms with E-state index in [2.05, 4.69) is 0 Å². The molecule has 3 atom stereocenters. The van der Waals surface area contributed by atoms with Crippen molar-refractivity contribution in [3.63, 3.8) is 0 Å². The first kappa shape index (κ1) is 20.9. The quantitative estimate of drug-likeness (QED) is 0.409. The maximum absolute atomic E-state index is 10.5. The van der Waals surface area contributed by atoms with E-state index in [0.29, 0.717) is 18.6 Å². The Hall–Kier alpha value is -2.37. The minimum absolute atomic E-state index is 0.111. The molecule has 0 bridgehead atoms. The number of hydrogen-bond donors (Lipinski definition) is 3. The molecule has 0 amide bonds. The van der Waals surface area contributed by atoms with Gasteiger partial charge < -0.3 is 20.1 Å². The lowest BCUT2D eigenvalue weighted by Gasteiger charge is -2.15. The van der Waals surface area contributed by atoms with Crippen molar-refractivity contribution in [2.45, 2.75) is 44.3 Å². The summed E-state index contributed by atoms with van der Waals surface area (Å²) in [4.78, 5) is 10.5. The number of benzene rings is 1. The molecule has 5 nitrogen and oxygen atoms in total. The van der Waals surface area contributed by atoms with Crippen LogP contribution in [0.2, 0.25) is 0 Å². The second-order valence-corrected chi connectivity index (χ2v) is 6.65. The van der Waals surface area contributed by atoms with Crippen molar-refractivity contribution in [1.82, 2.24) is 0 Å². The molecular weight excluding hydrogens is 344 g/mol. The predicted molar refractivity (Wildman–Crippen MR) is 105 cm³/mol. The van der Waals surface area contributed by atoms with E-state index in [1.165, 1.54) is 0 Å². The Morgan fingerprint density at radius 3 is 2.78 bits per heavy atom. The van der Waals surface area contributed by atoms with Crippen LogP contribution in [0.25, 0.3) is 0 Å². The average molecular weight is 372 g/mol. The molecule has 27 heavy (non-hydrogen) atoms. The highest BCUT2D eigenvalue weighted by Gasteiger charge is 2.25. The van der Waals surface area contributed by atoms with E-state index in [1.54, 1.807) is 6.08 Å². The van der Waals surface area contributed by atoms with E-state index in [9.17, 15) is 15.0 Å². The number of aliphatic hydroxyl groups is 2. The van der Waals surface area contributed by atoms with E-state index in [-0.39, 0.29) is 18.9 Å². The standard InChI is InChI=1S/C22H28O5/c23-18(16-27-19-9-5-3-6-10-19)13-14-20-17(12-15-21(20)24)8-4-1-2-7-11-22(25)26/h1,3-6,9-10,12-14,18,20-21,23-24H,2,7-8,11,15-16H2,(H,25,26)/b4-1-,14-13+/t18-,20-,21+/m1/s1. The average Bonchev–Trinajstić information content (AvgIpc) is 3.01. The number of carboxylic acids is 1. The van der Waals surface area contributed by atoms with E-state index in [1.807, 2.05) is 54.6 Å². The highest BCUT2D eigenvalue weighted by molar-refractivity contribution is 5.66. The minimum Gasteiger partial charge on any atom is -0.491 e. The molecule has 0 unspecified atom stereocenters. The fourth-order valence-corrected chi connectivity index (χ4v) is 2.98. The smallest absolute Gasteiger partial charge is 0.303 e. The summed E-state index contributed by atoms with van der Waals surface area (Å²) in [6, 6.07) is 9.32. The van der Waals surface area contributed by atoms with Gasteiger partial charge in [-0.25, -0.2) is 0 Å². The number of carboxylic acid groups (broad SMARTS) is 1. The summed E-state index contributed by atoms with van der Waals surface area (Å²) in [6.07, 6.45) is 11.2. The molecular formula is C22H28O5. The van der Waals surface area contributed by atoms with Gasteiger partial charge in [0.1, 0.15) is 18.5 Å². The fraction of sp³-hybridized carbons (Fsp3) is 0.409. The van der Waals surface area contributed by atoms with E-state index in [0.717, 1.165) is 18.4 Å². The number of ether oxygens (including phenoxy) is 1. The molecule has 146 valence electrons. The first-order valence-corrected chi connectivity index (χ1v) is 9.34. The molecule has 3 N–H and O–H groups in total. The van der Waals surface area contributed by atoms with Crippen molar-refractivity contribution in [3.05, 3.63) is 66.3 Å². The van der Waals surface area contributed by atoms with Gasteiger partial charge in [0.25, 0.3) is 0 Å². The van der Waals surface area contributed by atoms with Gasteiger partial charge in [-0.05, 0) is 37.8 Å². The summed E-state index contributed by atoms with van der Waals surface area (Å²) in [5.41, 5.74) is 1.12. The van der Waals surface area contributed by atoms with Crippen LogP contribution in [-0.4, -0.2) is 40.1 Å². The SMILES string of the molecule is O=C(O)CCC/C=C\CC1=CC[C@H](O)[C@@H]1/C=C/[C@@H](O)COc1ccccc1. The van der Waals surface area contributed by atoms with Crippen LogP contribution in [0.4, 0.5) is 0 Å². The zero-order chi connectivity index (χ0) is 19.5. The molecule has 5 heteroatoms. The van der Waals surface area contributed by atoms with Gasteiger partial charge in [-0.1, -0.05) is 54.2 Å². The largest absolute Gasteiger partial charge is 0.491 e. The molecule has 0 fully saturated rings. The second kappa shape index (κ2) is 11.4. The maximum Gasteiger partial charge on any atom is 0.303 e. The third-order valence-corrected chi connectivity index (χ3v) is 4.45. The van der Waals surface area contributed by atoms with Crippen molar-refractivity contribution in [2.24, 2.45) is 5.92 Å². The first-order valence-electron chi connectivity index (χ1n) is 9.34. The third-order valence-electron chi connectivity index (χ3n) is 4.45. The van der Waals surface area contributed by atoms with Gasteiger partial charge in [0.15, 0.2) is 0 Å². The number of aliphatic hydroxyl groups excluding tert-OH is 2. The number of rotatable bonds is 11. The summed E-state index contributed by atoms with van der Waals surface area (Å²) >= 11 is 0. The molecule has 0 radical (unpaired) electrons. The zero-order valence-electron chi connectivity index (χ0n) is 15.4.